The fourth-order valence-corrected chi connectivity index (χ4v) is 1.44. The van der Waals surface area contributed by atoms with E-state index in [-0.39, 0.29) is 6.54 Å². The van der Waals surface area contributed by atoms with Crippen LogP contribution < -0.4 is 0 Å². The second-order valence-electron chi connectivity index (χ2n) is 2.56. The van der Waals surface area contributed by atoms with Gasteiger partial charge in [-0.2, -0.15) is 0 Å². The van der Waals surface area contributed by atoms with E-state index in [0.717, 1.165) is 0 Å². The molecule has 2 unspecified atom stereocenters. The fraction of sp³-hybridized carbons (Fsp3) is 0.429. The average Bonchev–Trinajstić information content (AvgIpc) is 1.94. The molecule has 12 heavy (non-hydrogen) atoms. The van der Waals surface area contributed by atoms with E-state index in [9.17, 15) is 10.1 Å². The lowest BCUT2D eigenvalue weighted by Gasteiger charge is -2.23. The molecule has 0 saturated heterocycles. The van der Waals surface area contributed by atoms with Gasteiger partial charge < -0.3 is 0 Å². The van der Waals surface area contributed by atoms with E-state index >= 15 is 0 Å². The van der Waals surface area contributed by atoms with Crippen molar-refractivity contribution in [1.82, 2.24) is 0 Å². The van der Waals surface area contributed by atoms with Gasteiger partial charge in [0.1, 0.15) is 4.87 Å². The third-order valence-electron chi connectivity index (χ3n) is 1.59. The molecular weight excluding hydrogens is 201 g/mol. The van der Waals surface area contributed by atoms with Gasteiger partial charge >= 0.3 is 0 Å². The van der Waals surface area contributed by atoms with E-state index < -0.39 is 15.2 Å². The van der Waals surface area contributed by atoms with Crippen LogP contribution in [0.5, 0.6) is 0 Å². The minimum Gasteiger partial charge on any atom is -0.264 e. The van der Waals surface area contributed by atoms with Crippen LogP contribution in [0.15, 0.2) is 24.3 Å². The van der Waals surface area contributed by atoms with Gasteiger partial charge in [0.15, 0.2) is 0 Å². The summed E-state index contributed by atoms with van der Waals surface area (Å²) >= 11 is 11.7. The van der Waals surface area contributed by atoms with Crippen LogP contribution in [-0.4, -0.2) is 21.7 Å². The Balaban J connectivity index is 2.76. The van der Waals surface area contributed by atoms with Crippen molar-refractivity contribution in [3.63, 3.8) is 0 Å². The highest BCUT2D eigenvalue weighted by atomic mass is 35.5. The molecule has 0 aromatic heterocycles. The van der Waals surface area contributed by atoms with Gasteiger partial charge in [-0.05, 0) is 0 Å². The van der Waals surface area contributed by atoms with Crippen LogP contribution in [0.4, 0.5) is 0 Å². The molecule has 2 atom stereocenters. The minimum absolute atomic E-state index is 0.358. The fourth-order valence-electron chi connectivity index (χ4n) is 0.967. The summed E-state index contributed by atoms with van der Waals surface area (Å²) < 4.78 is 0. The largest absolute Gasteiger partial charge is 0.264 e. The zero-order valence-corrected chi connectivity index (χ0v) is 7.63. The maximum Gasteiger partial charge on any atom is 0.228 e. The quantitative estimate of drug-likeness (QED) is 0.395. The van der Waals surface area contributed by atoms with Crippen molar-refractivity contribution in [2.45, 2.75) is 10.3 Å². The molecule has 0 spiro atoms. The Morgan fingerprint density at radius 2 is 2.25 bits per heavy atom. The van der Waals surface area contributed by atoms with Crippen LogP contribution in [0.2, 0.25) is 0 Å². The third-order valence-corrected chi connectivity index (χ3v) is 2.72. The third kappa shape index (κ3) is 1.99. The molecule has 5 heteroatoms. The number of halogens is 2. The Hall–Kier alpha value is -0.540. The SMILES string of the molecule is O=[N+]([O-])CC1(Cl)C=CC=CC1Cl. The standard InChI is InChI=1S/C7H7Cl2NO2/c8-6-3-1-2-4-7(6,9)5-10(11)12/h1-4,6H,5H2. The molecule has 0 radical (unpaired) electrons. The summed E-state index contributed by atoms with van der Waals surface area (Å²) in [4.78, 5) is 8.69. The number of nitro groups is 1. The minimum atomic E-state index is -1.07. The molecule has 0 aliphatic heterocycles. The summed E-state index contributed by atoms with van der Waals surface area (Å²) in [5.74, 6) is 0. The first kappa shape index (κ1) is 9.55. The van der Waals surface area contributed by atoms with Gasteiger partial charge in [0, 0.05) is 4.92 Å². The highest BCUT2D eigenvalue weighted by Crippen LogP contribution is 2.30. The summed E-state index contributed by atoms with van der Waals surface area (Å²) in [5, 5.41) is 9.70. The molecule has 0 N–H and O–H groups in total. The summed E-state index contributed by atoms with van der Waals surface area (Å²) in [7, 11) is 0. The van der Waals surface area contributed by atoms with Crippen molar-refractivity contribution < 1.29 is 4.92 Å². The Labute approximate surface area is 79.8 Å². The van der Waals surface area contributed by atoms with Crippen molar-refractivity contribution in [3.05, 3.63) is 34.4 Å². The smallest absolute Gasteiger partial charge is 0.228 e. The van der Waals surface area contributed by atoms with Gasteiger partial charge in [-0.1, -0.05) is 24.3 Å². The number of nitrogens with zero attached hydrogens (tertiary/aromatic N) is 1. The molecule has 0 aromatic carbocycles. The van der Waals surface area contributed by atoms with Crippen molar-refractivity contribution in [3.8, 4) is 0 Å². The van der Waals surface area contributed by atoms with Crippen LogP contribution in [-0.2, 0) is 0 Å². The number of rotatable bonds is 2. The van der Waals surface area contributed by atoms with Gasteiger partial charge in [0.05, 0.1) is 5.38 Å². The van der Waals surface area contributed by atoms with Crippen molar-refractivity contribution in [2.75, 3.05) is 6.54 Å². The molecule has 0 fully saturated rings. The molecular formula is C7H7Cl2NO2. The maximum absolute atomic E-state index is 10.2. The van der Waals surface area contributed by atoms with E-state index in [1.165, 1.54) is 0 Å². The Kier molecular flexibility index (Phi) is 2.75. The van der Waals surface area contributed by atoms with Crippen molar-refractivity contribution >= 4 is 23.2 Å². The normalized spacial score (nSPS) is 33.7. The molecule has 66 valence electrons. The monoisotopic (exact) mass is 207 g/mol. The van der Waals surface area contributed by atoms with E-state index in [4.69, 9.17) is 23.2 Å². The van der Waals surface area contributed by atoms with Gasteiger partial charge in [0.2, 0.25) is 6.54 Å². The molecule has 0 heterocycles. The predicted molar refractivity (Wildman–Crippen MR) is 48.4 cm³/mol. The number of allylic oxidation sites excluding steroid dienone is 3. The van der Waals surface area contributed by atoms with E-state index in [1.807, 2.05) is 0 Å². The molecule has 1 aliphatic carbocycles. The lowest BCUT2D eigenvalue weighted by Crippen LogP contribution is -2.38. The van der Waals surface area contributed by atoms with Crippen LogP contribution in [0.25, 0.3) is 0 Å². The van der Waals surface area contributed by atoms with E-state index in [1.54, 1.807) is 24.3 Å². The highest BCUT2D eigenvalue weighted by Gasteiger charge is 2.38. The van der Waals surface area contributed by atoms with Crippen molar-refractivity contribution in [1.29, 1.82) is 0 Å². The summed E-state index contributed by atoms with van der Waals surface area (Å²) in [6.45, 7) is -0.358. The average molecular weight is 208 g/mol. The van der Waals surface area contributed by atoms with Crippen LogP contribution in [0.3, 0.4) is 0 Å². The number of hydrogen-bond donors (Lipinski definition) is 0. The maximum atomic E-state index is 10.2. The molecule has 1 rings (SSSR count). The molecule has 1 aliphatic rings. The molecule has 0 aromatic rings. The van der Waals surface area contributed by atoms with E-state index in [0.29, 0.717) is 0 Å². The lowest BCUT2D eigenvalue weighted by molar-refractivity contribution is -0.483. The Morgan fingerprint density at radius 3 is 2.75 bits per heavy atom. The molecule has 0 saturated carbocycles. The number of alkyl halides is 2. The second-order valence-corrected chi connectivity index (χ2v) is 3.74. The molecule has 0 bridgehead atoms. The summed E-state index contributed by atoms with van der Waals surface area (Å²) in [6.07, 6.45) is 6.57. The second kappa shape index (κ2) is 3.46. The summed E-state index contributed by atoms with van der Waals surface area (Å²) in [5.41, 5.74) is 0. The summed E-state index contributed by atoms with van der Waals surface area (Å²) in [6, 6.07) is 0. The van der Waals surface area contributed by atoms with Gasteiger partial charge in [-0.3, -0.25) is 10.1 Å². The van der Waals surface area contributed by atoms with Gasteiger partial charge in [-0.25, -0.2) is 0 Å². The van der Waals surface area contributed by atoms with Gasteiger partial charge in [0.25, 0.3) is 0 Å². The van der Waals surface area contributed by atoms with Crippen LogP contribution in [0, 0.1) is 10.1 Å². The topological polar surface area (TPSA) is 43.1 Å². The van der Waals surface area contributed by atoms with Crippen LogP contribution in [0.1, 0.15) is 0 Å². The van der Waals surface area contributed by atoms with E-state index in [2.05, 4.69) is 0 Å². The first-order valence-electron chi connectivity index (χ1n) is 3.35. The van der Waals surface area contributed by atoms with Crippen molar-refractivity contribution in [2.24, 2.45) is 0 Å². The zero-order chi connectivity index (χ0) is 9.19. The first-order chi connectivity index (χ1) is 5.54. The first-order valence-corrected chi connectivity index (χ1v) is 4.17. The predicted octanol–water partition coefficient (Wildman–Crippen LogP) is 1.97. The Morgan fingerprint density at radius 1 is 1.58 bits per heavy atom. The molecule has 0 amide bonds. The van der Waals surface area contributed by atoms with Gasteiger partial charge in [-0.15, -0.1) is 23.2 Å². The Bertz CT molecular complexity index is 252. The number of hydrogen-bond acceptors (Lipinski definition) is 2. The van der Waals surface area contributed by atoms with Crippen LogP contribution >= 0.6 is 23.2 Å². The highest BCUT2D eigenvalue weighted by molar-refractivity contribution is 6.34. The lowest BCUT2D eigenvalue weighted by atomic mass is 9.99. The molecule has 3 nitrogen and oxygen atoms in total. The zero-order valence-electron chi connectivity index (χ0n) is 6.11.